The van der Waals surface area contributed by atoms with Gasteiger partial charge in [0.1, 0.15) is 23.5 Å². The van der Waals surface area contributed by atoms with Gasteiger partial charge >= 0.3 is 12.0 Å². The van der Waals surface area contributed by atoms with Gasteiger partial charge in [-0.25, -0.2) is 14.2 Å². The molecule has 0 unspecified atom stereocenters. The number of carbonyl (C=O) groups excluding carboxylic acids is 2. The number of likely N-dealkylation sites (tertiary alicyclic amines) is 1. The highest BCUT2D eigenvalue weighted by atomic mass is 35.5. The molecule has 7 rings (SSSR count). The number of para-hydroxylation sites is 1. The molecule has 218 valence electrons. The molecule has 3 saturated heterocycles. The van der Waals surface area contributed by atoms with Gasteiger partial charge in [-0.05, 0) is 51.4 Å². The standard InChI is InChI=1S/C28H28ClFN8O3S/c1-37-9-3-4-14(37)13-41-27-33-22-16(23(34-27)38-10-7-28(8-11-38)24(39)35-26(40)36-28)12-17(29)19(20(22)30)15-5-2-6-18-21(15)32-25(31)42-18/h2,5-6,12,14H,3-4,7-11,13H2,1H3,(H2,31,32)(H2,35,36,39,40)/t14-/m0/s1. The Kier molecular flexibility index (Phi) is 6.55. The van der Waals surface area contributed by atoms with Gasteiger partial charge < -0.3 is 25.6 Å². The van der Waals surface area contributed by atoms with Crippen molar-refractivity contribution in [1.29, 1.82) is 0 Å². The van der Waals surface area contributed by atoms with E-state index in [0.29, 0.717) is 60.0 Å². The van der Waals surface area contributed by atoms with E-state index in [-0.39, 0.29) is 34.1 Å². The topological polar surface area (TPSA) is 139 Å². The van der Waals surface area contributed by atoms with E-state index < -0.39 is 17.4 Å². The van der Waals surface area contributed by atoms with Crippen LogP contribution in [0.2, 0.25) is 5.02 Å². The number of nitrogens with two attached hydrogens (primary N) is 1. The van der Waals surface area contributed by atoms with Gasteiger partial charge in [-0.1, -0.05) is 35.1 Å². The summed E-state index contributed by atoms with van der Waals surface area (Å²) < 4.78 is 23.5. The van der Waals surface area contributed by atoms with Crippen LogP contribution in [0, 0.1) is 5.82 Å². The van der Waals surface area contributed by atoms with Crippen LogP contribution in [-0.2, 0) is 4.79 Å². The number of ether oxygens (including phenoxy) is 1. The Morgan fingerprint density at radius 1 is 1.19 bits per heavy atom. The summed E-state index contributed by atoms with van der Waals surface area (Å²) in [6.45, 7) is 2.14. The number of thiazole rings is 1. The summed E-state index contributed by atoms with van der Waals surface area (Å²) in [6, 6.07) is 6.91. The number of halogens is 2. The maximum atomic E-state index is 16.6. The monoisotopic (exact) mass is 610 g/mol. The summed E-state index contributed by atoms with van der Waals surface area (Å²) in [5.74, 6) is -0.489. The summed E-state index contributed by atoms with van der Waals surface area (Å²) >= 11 is 8.11. The molecule has 5 heterocycles. The zero-order valence-electron chi connectivity index (χ0n) is 22.7. The van der Waals surface area contributed by atoms with Crippen molar-refractivity contribution in [1.82, 2.24) is 30.5 Å². The molecule has 4 aromatic rings. The molecule has 11 nitrogen and oxygen atoms in total. The van der Waals surface area contributed by atoms with Crippen LogP contribution >= 0.6 is 22.9 Å². The highest BCUT2D eigenvalue weighted by Gasteiger charge is 2.48. The molecule has 2 aromatic heterocycles. The van der Waals surface area contributed by atoms with Crippen molar-refractivity contribution < 1.29 is 18.7 Å². The van der Waals surface area contributed by atoms with Gasteiger partial charge in [0.05, 0.1) is 15.2 Å². The third-order valence-electron chi connectivity index (χ3n) is 8.55. The van der Waals surface area contributed by atoms with Crippen molar-refractivity contribution in [2.75, 3.05) is 43.9 Å². The van der Waals surface area contributed by atoms with Crippen LogP contribution in [-0.4, -0.2) is 76.7 Å². The molecule has 42 heavy (non-hydrogen) atoms. The lowest BCUT2D eigenvalue weighted by atomic mass is 9.87. The average Bonchev–Trinajstić information content (AvgIpc) is 3.63. The molecule has 3 aliphatic rings. The van der Waals surface area contributed by atoms with E-state index in [1.165, 1.54) is 11.3 Å². The number of likely N-dealkylation sites (N-methyl/N-ethyl adjacent to an activating group) is 1. The number of rotatable bonds is 5. The fraction of sp³-hybridized carbons (Fsp3) is 0.393. The number of hydrogen-bond acceptors (Lipinski definition) is 10. The number of nitrogen functional groups attached to an aromatic ring is 1. The lowest BCUT2D eigenvalue weighted by Gasteiger charge is -2.38. The van der Waals surface area contributed by atoms with Crippen molar-refractivity contribution in [3.05, 3.63) is 35.1 Å². The fourth-order valence-corrected chi connectivity index (χ4v) is 7.28. The fourth-order valence-electron chi connectivity index (χ4n) is 6.22. The van der Waals surface area contributed by atoms with Crippen LogP contribution in [0.25, 0.3) is 32.2 Å². The first-order chi connectivity index (χ1) is 20.2. The predicted molar refractivity (Wildman–Crippen MR) is 160 cm³/mol. The second-order valence-electron chi connectivity index (χ2n) is 11.0. The molecule has 0 saturated carbocycles. The Labute approximate surface area is 249 Å². The molecule has 0 radical (unpaired) electrons. The first-order valence-corrected chi connectivity index (χ1v) is 15.0. The van der Waals surface area contributed by atoms with Crippen molar-refractivity contribution in [2.24, 2.45) is 0 Å². The Hall–Kier alpha value is -3.81. The molecule has 3 aliphatic heterocycles. The Morgan fingerprint density at radius 3 is 2.71 bits per heavy atom. The van der Waals surface area contributed by atoms with Gasteiger partial charge in [0.15, 0.2) is 10.9 Å². The molecule has 3 fully saturated rings. The number of fused-ring (bicyclic) bond motifs is 2. The number of imide groups is 1. The second kappa shape index (κ2) is 10.2. The number of hydrogen-bond donors (Lipinski definition) is 3. The zero-order chi connectivity index (χ0) is 29.2. The van der Waals surface area contributed by atoms with E-state index in [2.05, 4.69) is 32.5 Å². The quantitative estimate of drug-likeness (QED) is 0.287. The van der Waals surface area contributed by atoms with Crippen LogP contribution in [0.15, 0.2) is 24.3 Å². The van der Waals surface area contributed by atoms with Gasteiger partial charge in [0.25, 0.3) is 5.91 Å². The minimum Gasteiger partial charge on any atom is -0.462 e. The maximum Gasteiger partial charge on any atom is 0.322 e. The van der Waals surface area contributed by atoms with E-state index in [1.54, 1.807) is 12.1 Å². The highest BCUT2D eigenvalue weighted by molar-refractivity contribution is 7.22. The normalized spacial score (nSPS) is 20.5. The lowest BCUT2D eigenvalue weighted by Crippen LogP contribution is -2.55. The number of benzene rings is 2. The van der Waals surface area contributed by atoms with Crippen LogP contribution in [0.1, 0.15) is 25.7 Å². The molecule has 1 spiro atoms. The minimum atomic E-state index is -0.965. The SMILES string of the molecule is CN1CCC[C@H]1COc1nc(N2CCC3(CC2)NC(=O)NC3=O)c2cc(Cl)c(-c3cccc4sc(N)nc34)c(F)c2n1. The Morgan fingerprint density at radius 2 is 2.00 bits per heavy atom. The molecule has 0 aliphatic carbocycles. The number of piperidine rings is 1. The molecular weight excluding hydrogens is 583 g/mol. The first kappa shape index (κ1) is 27.0. The highest BCUT2D eigenvalue weighted by Crippen LogP contribution is 2.42. The first-order valence-electron chi connectivity index (χ1n) is 13.8. The van der Waals surface area contributed by atoms with E-state index in [9.17, 15) is 9.59 Å². The maximum absolute atomic E-state index is 16.6. The zero-order valence-corrected chi connectivity index (χ0v) is 24.3. The van der Waals surface area contributed by atoms with Crippen LogP contribution in [0.5, 0.6) is 6.01 Å². The molecular formula is C28H28ClFN8O3S. The van der Waals surface area contributed by atoms with Gasteiger partial charge in [-0.2, -0.15) is 9.97 Å². The summed E-state index contributed by atoms with van der Waals surface area (Å²) in [5.41, 5.74) is 6.33. The smallest absolute Gasteiger partial charge is 0.322 e. The number of aromatic nitrogens is 3. The van der Waals surface area contributed by atoms with Gasteiger partial charge in [0.2, 0.25) is 0 Å². The third-order valence-corrected chi connectivity index (χ3v) is 9.70. The third kappa shape index (κ3) is 4.46. The van der Waals surface area contributed by atoms with Crippen molar-refractivity contribution >= 4 is 66.9 Å². The summed E-state index contributed by atoms with van der Waals surface area (Å²) in [7, 11) is 2.05. The number of nitrogens with one attached hydrogen (secondary N) is 2. The molecule has 0 bridgehead atoms. The minimum absolute atomic E-state index is 0.0632. The average molecular weight is 611 g/mol. The Bertz CT molecular complexity index is 1760. The number of urea groups is 1. The number of nitrogens with zero attached hydrogens (tertiary/aromatic N) is 5. The number of anilines is 2. The molecule has 4 N–H and O–H groups in total. The predicted octanol–water partition coefficient (Wildman–Crippen LogP) is 3.93. The largest absolute Gasteiger partial charge is 0.462 e. The van der Waals surface area contributed by atoms with Crippen LogP contribution in [0.4, 0.5) is 20.1 Å². The Balaban J connectivity index is 1.32. The second-order valence-corrected chi connectivity index (χ2v) is 12.5. The number of amides is 3. The van der Waals surface area contributed by atoms with Crippen LogP contribution < -0.4 is 26.0 Å². The lowest BCUT2D eigenvalue weighted by molar-refractivity contribution is -0.124. The van der Waals surface area contributed by atoms with Crippen molar-refractivity contribution in [2.45, 2.75) is 37.3 Å². The van der Waals surface area contributed by atoms with Crippen LogP contribution in [0.3, 0.4) is 0 Å². The molecule has 1 atom stereocenters. The molecule has 14 heteroatoms. The summed E-state index contributed by atoms with van der Waals surface area (Å²) in [5, 5.41) is 6.09. The number of carbonyl (C=O) groups is 2. The van der Waals surface area contributed by atoms with Gasteiger partial charge in [0, 0.05) is 35.6 Å². The van der Waals surface area contributed by atoms with E-state index in [4.69, 9.17) is 27.1 Å². The molecule has 3 amide bonds. The van der Waals surface area contributed by atoms with Crippen molar-refractivity contribution in [3.8, 4) is 17.1 Å². The van der Waals surface area contributed by atoms with E-state index in [1.807, 2.05) is 17.0 Å². The summed E-state index contributed by atoms with van der Waals surface area (Å²) in [4.78, 5) is 42.3. The van der Waals surface area contributed by atoms with Gasteiger partial charge in [-0.15, -0.1) is 0 Å². The van der Waals surface area contributed by atoms with E-state index >= 15 is 4.39 Å². The van der Waals surface area contributed by atoms with Crippen molar-refractivity contribution in [3.63, 3.8) is 0 Å². The van der Waals surface area contributed by atoms with E-state index in [0.717, 1.165) is 24.1 Å². The molecule has 2 aromatic carbocycles. The summed E-state index contributed by atoms with van der Waals surface area (Å²) in [6.07, 6.45) is 2.80. The van der Waals surface area contributed by atoms with Gasteiger partial charge in [-0.3, -0.25) is 10.1 Å².